The van der Waals surface area contributed by atoms with Gasteiger partial charge in [-0.3, -0.25) is 9.69 Å². The number of nitrogens with one attached hydrogen (secondary N) is 1. The van der Waals surface area contributed by atoms with Crippen LogP contribution in [-0.4, -0.2) is 62.9 Å². The summed E-state index contributed by atoms with van der Waals surface area (Å²) in [5.41, 5.74) is 0. The quantitative estimate of drug-likeness (QED) is 0.668. The van der Waals surface area contributed by atoms with E-state index in [1.54, 1.807) is 18.4 Å². The molecular formula is C22H29N3O5S. The van der Waals surface area contributed by atoms with Crippen molar-refractivity contribution in [2.24, 2.45) is 0 Å². The zero-order chi connectivity index (χ0) is 21.8. The summed E-state index contributed by atoms with van der Waals surface area (Å²) < 4.78 is 38.4. The number of nitrogens with zero attached hydrogens (tertiary/aromatic N) is 2. The van der Waals surface area contributed by atoms with Gasteiger partial charge in [0.15, 0.2) is 0 Å². The average Bonchev–Trinajstić information content (AvgIpc) is 3.56. The molecule has 9 heteroatoms. The number of furan rings is 1. The fourth-order valence-electron chi connectivity index (χ4n) is 4.43. The molecule has 2 saturated heterocycles. The molecule has 1 aromatic carbocycles. The Kier molecular flexibility index (Phi) is 6.64. The Labute approximate surface area is 183 Å². The van der Waals surface area contributed by atoms with Gasteiger partial charge in [-0.05, 0) is 75.2 Å². The number of benzene rings is 1. The molecule has 31 heavy (non-hydrogen) atoms. The fourth-order valence-corrected chi connectivity index (χ4v) is 6.09. The molecule has 8 nitrogen and oxygen atoms in total. The number of methoxy groups -OCH3 is 1. The molecule has 0 bridgehead atoms. The molecule has 1 amide bonds. The maximum atomic E-state index is 13.2. The van der Waals surface area contributed by atoms with Crippen molar-refractivity contribution in [3.8, 4) is 5.75 Å². The number of carbonyl (C=O) groups is 1. The normalized spacial score (nSPS) is 21.3. The lowest BCUT2D eigenvalue weighted by Gasteiger charge is -2.28. The van der Waals surface area contributed by atoms with Crippen LogP contribution in [0.15, 0.2) is 52.0 Å². The molecule has 0 aliphatic carbocycles. The molecule has 2 atom stereocenters. The van der Waals surface area contributed by atoms with E-state index in [0.29, 0.717) is 31.7 Å². The molecular weight excluding hydrogens is 418 g/mol. The first-order chi connectivity index (χ1) is 15.0. The molecule has 2 fully saturated rings. The summed E-state index contributed by atoms with van der Waals surface area (Å²) in [5, 5.41) is 2.99. The molecule has 2 aromatic rings. The summed E-state index contributed by atoms with van der Waals surface area (Å²) in [7, 11) is -2.24. The van der Waals surface area contributed by atoms with E-state index in [9.17, 15) is 13.2 Å². The lowest BCUT2D eigenvalue weighted by molar-refractivity contribution is -0.124. The van der Waals surface area contributed by atoms with E-state index in [1.165, 1.54) is 23.5 Å². The van der Waals surface area contributed by atoms with Crippen LogP contribution >= 0.6 is 0 Å². The van der Waals surface area contributed by atoms with Gasteiger partial charge in [-0.2, -0.15) is 4.31 Å². The van der Waals surface area contributed by atoms with Crippen LogP contribution in [-0.2, 0) is 14.8 Å². The van der Waals surface area contributed by atoms with E-state index in [0.717, 1.165) is 31.7 Å². The topological polar surface area (TPSA) is 92.1 Å². The molecule has 168 valence electrons. The van der Waals surface area contributed by atoms with Crippen molar-refractivity contribution in [1.29, 1.82) is 0 Å². The van der Waals surface area contributed by atoms with Crippen LogP contribution in [0, 0.1) is 0 Å². The summed E-state index contributed by atoms with van der Waals surface area (Å²) in [6.07, 6.45) is 5.06. The van der Waals surface area contributed by atoms with Crippen molar-refractivity contribution < 1.29 is 22.4 Å². The van der Waals surface area contributed by atoms with Crippen LogP contribution in [0.2, 0.25) is 0 Å². The van der Waals surface area contributed by atoms with Gasteiger partial charge in [0.1, 0.15) is 17.6 Å². The first-order valence-corrected chi connectivity index (χ1v) is 12.2. The van der Waals surface area contributed by atoms with Crippen LogP contribution in [0.4, 0.5) is 0 Å². The third-order valence-corrected chi connectivity index (χ3v) is 8.02. The number of sulfonamides is 1. The number of amides is 1. The Morgan fingerprint density at radius 2 is 1.90 bits per heavy atom. The Morgan fingerprint density at radius 1 is 1.16 bits per heavy atom. The summed E-state index contributed by atoms with van der Waals surface area (Å²) in [6, 6.07) is 9.27. The van der Waals surface area contributed by atoms with Gasteiger partial charge in [0, 0.05) is 13.1 Å². The third kappa shape index (κ3) is 4.63. The summed E-state index contributed by atoms with van der Waals surface area (Å²) >= 11 is 0. The van der Waals surface area contributed by atoms with Crippen molar-refractivity contribution >= 4 is 15.9 Å². The largest absolute Gasteiger partial charge is 0.497 e. The molecule has 2 aliphatic heterocycles. The minimum Gasteiger partial charge on any atom is -0.497 e. The Morgan fingerprint density at radius 3 is 2.55 bits per heavy atom. The van der Waals surface area contributed by atoms with Crippen LogP contribution in [0.25, 0.3) is 0 Å². The van der Waals surface area contributed by atoms with Crippen LogP contribution < -0.4 is 10.1 Å². The second-order valence-electron chi connectivity index (χ2n) is 7.97. The van der Waals surface area contributed by atoms with Crippen molar-refractivity contribution in [3.63, 3.8) is 0 Å². The fraction of sp³-hybridized carbons (Fsp3) is 0.500. The van der Waals surface area contributed by atoms with E-state index in [4.69, 9.17) is 9.15 Å². The predicted octanol–water partition coefficient (Wildman–Crippen LogP) is 2.39. The van der Waals surface area contributed by atoms with E-state index in [2.05, 4.69) is 10.2 Å². The maximum Gasteiger partial charge on any atom is 0.243 e. The second-order valence-corrected chi connectivity index (χ2v) is 9.86. The van der Waals surface area contributed by atoms with Gasteiger partial charge in [0.2, 0.25) is 15.9 Å². The highest BCUT2D eigenvalue weighted by atomic mass is 32.2. The van der Waals surface area contributed by atoms with Gasteiger partial charge < -0.3 is 14.5 Å². The minimum atomic E-state index is -3.77. The Hall–Kier alpha value is -2.36. The molecule has 0 spiro atoms. The van der Waals surface area contributed by atoms with Gasteiger partial charge in [0.05, 0.1) is 24.3 Å². The summed E-state index contributed by atoms with van der Waals surface area (Å²) in [6.45, 7) is 2.64. The molecule has 0 saturated carbocycles. The number of carbonyl (C=O) groups excluding carboxylic acids is 1. The van der Waals surface area contributed by atoms with Crippen molar-refractivity contribution in [1.82, 2.24) is 14.5 Å². The average molecular weight is 448 g/mol. The number of likely N-dealkylation sites (tertiary alicyclic amines) is 1. The number of ether oxygens (including phenoxy) is 1. The zero-order valence-corrected chi connectivity index (χ0v) is 18.5. The van der Waals surface area contributed by atoms with Gasteiger partial charge in [0.25, 0.3) is 0 Å². The lowest BCUT2D eigenvalue weighted by Crippen LogP contribution is -2.47. The highest BCUT2D eigenvalue weighted by Gasteiger charge is 2.39. The monoisotopic (exact) mass is 447 g/mol. The molecule has 1 aromatic heterocycles. The minimum absolute atomic E-state index is 0.0468. The van der Waals surface area contributed by atoms with Crippen LogP contribution in [0.1, 0.15) is 37.5 Å². The van der Waals surface area contributed by atoms with Crippen LogP contribution in [0.5, 0.6) is 5.75 Å². The number of rotatable bonds is 8. The van der Waals surface area contributed by atoms with Crippen molar-refractivity contribution in [3.05, 3.63) is 48.4 Å². The van der Waals surface area contributed by atoms with Crippen molar-refractivity contribution in [2.45, 2.75) is 42.7 Å². The summed E-state index contributed by atoms with van der Waals surface area (Å²) in [5.74, 6) is 1.14. The van der Waals surface area contributed by atoms with Crippen LogP contribution in [0.3, 0.4) is 0 Å². The predicted molar refractivity (Wildman–Crippen MR) is 115 cm³/mol. The van der Waals surface area contributed by atoms with E-state index in [-0.39, 0.29) is 16.8 Å². The zero-order valence-electron chi connectivity index (χ0n) is 17.7. The van der Waals surface area contributed by atoms with E-state index in [1.807, 2.05) is 12.1 Å². The molecule has 3 heterocycles. The highest BCUT2D eigenvalue weighted by molar-refractivity contribution is 7.89. The molecule has 4 rings (SSSR count). The SMILES string of the molecule is COc1ccc(S(=O)(=O)N2CCC[C@@H]2C(=O)NC[C@H](c2ccco2)N2CCCC2)cc1. The molecule has 1 N–H and O–H groups in total. The third-order valence-electron chi connectivity index (χ3n) is 6.10. The van der Waals surface area contributed by atoms with Crippen molar-refractivity contribution in [2.75, 3.05) is 33.3 Å². The van der Waals surface area contributed by atoms with Gasteiger partial charge >= 0.3 is 0 Å². The second kappa shape index (κ2) is 9.42. The van der Waals surface area contributed by atoms with E-state index >= 15 is 0 Å². The first-order valence-electron chi connectivity index (χ1n) is 10.7. The Balaban J connectivity index is 1.45. The first kappa shape index (κ1) is 21.9. The Bertz CT molecular complexity index is 969. The molecule has 0 radical (unpaired) electrons. The summed E-state index contributed by atoms with van der Waals surface area (Å²) in [4.78, 5) is 15.5. The molecule has 0 unspecified atom stereocenters. The smallest absolute Gasteiger partial charge is 0.243 e. The lowest BCUT2D eigenvalue weighted by atomic mass is 10.1. The van der Waals surface area contributed by atoms with Gasteiger partial charge in [-0.1, -0.05) is 0 Å². The highest BCUT2D eigenvalue weighted by Crippen LogP contribution is 2.28. The van der Waals surface area contributed by atoms with Gasteiger partial charge in [-0.25, -0.2) is 8.42 Å². The number of hydrogen-bond acceptors (Lipinski definition) is 6. The number of hydrogen-bond donors (Lipinski definition) is 1. The van der Waals surface area contributed by atoms with E-state index < -0.39 is 16.1 Å². The standard InChI is InChI=1S/C22H29N3O5S/c1-29-17-8-10-18(11-9-17)31(27,28)25-14-4-6-19(25)22(26)23-16-20(21-7-5-15-30-21)24-12-2-3-13-24/h5,7-11,15,19-20H,2-4,6,12-14,16H2,1H3,(H,23,26)/t19-,20-/m1/s1. The molecule has 2 aliphatic rings. The maximum absolute atomic E-state index is 13.2. The van der Waals surface area contributed by atoms with Gasteiger partial charge in [-0.15, -0.1) is 0 Å².